The maximum Gasteiger partial charge on any atom is 0.303 e. The van der Waals surface area contributed by atoms with Gasteiger partial charge in [-0.15, -0.1) is 0 Å². The van der Waals surface area contributed by atoms with E-state index >= 15 is 0 Å². The lowest BCUT2D eigenvalue weighted by atomic mass is 9.97. The van der Waals surface area contributed by atoms with Gasteiger partial charge in [0.2, 0.25) is 0 Å². The molecular weight excluding hydrogens is 180 g/mol. The van der Waals surface area contributed by atoms with E-state index in [0.29, 0.717) is 12.3 Å². The predicted molar refractivity (Wildman–Crippen MR) is 56.7 cm³/mol. The Hall–Kier alpha value is -0.313. The van der Waals surface area contributed by atoms with Gasteiger partial charge in [0.25, 0.3) is 0 Å². The molecule has 1 aliphatic heterocycles. The summed E-state index contributed by atoms with van der Waals surface area (Å²) in [5, 5.41) is 8.70. The van der Waals surface area contributed by atoms with Crippen molar-refractivity contribution in [1.82, 2.24) is 0 Å². The van der Waals surface area contributed by atoms with Crippen LogP contribution in [-0.4, -0.2) is 19.1 Å². The molecule has 1 atom stereocenters. The fourth-order valence-electron chi connectivity index (χ4n) is 2.18. The van der Waals surface area contributed by atoms with Crippen LogP contribution in [0, 0.1) is 5.92 Å². The van der Waals surface area contributed by atoms with Gasteiger partial charge in [-0.2, -0.15) is 0 Å². The summed E-state index contributed by atoms with van der Waals surface area (Å²) in [5.41, 5.74) is 0. The third kappa shape index (κ3) is 3.94. The number of aliphatic carboxylic acids is 1. The second-order valence-electron chi connectivity index (χ2n) is 5.06. The summed E-state index contributed by atoms with van der Waals surface area (Å²) in [6.45, 7) is 4.85. The summed E-state index contributed by atoms with van der Waals surface area (Å²) in [7, 11) is -0.927. The number of carbonyl (C=O) groups is 1. The van der Waals surface area contributed by atoms with Gasteiger partial charge in [-0.1, -0.05) is 44.4 Å². The van der Waals surface area contributed by atoms with Crippen molar-refractivity contribution in [3.63, 3.8) is 0 Å². The van der Waals surface area contributed by atoms with Gasteiger partial charge in [-0.25, -0.2) is 0 Å². The van der Waals surface area contributed by atoms with Gasteiger partial charge in [0.1, 0.15) is 0 Å². The van der Waals surface area contributed by atoms with Crippen molar-refractivity contribution in [2.24, 2.45) is 5.92 Å². The molecule has 0 unspecified atom stereocenters. The van der Waals surface area contributed by atoms with Crippen LogP contribution in [0.4, 0.5) is 0 Å². The number of carboxylic acids is 1. The Kier molecular flexibility index (Phi) is 3.53. The van der Waals surface area contributed by atoms with Gasteiger partial charge in [0.05, 0.1) is 0 Å². The Morgan fingerprint density at radius 3 is 2.69 bits per heavy atom. The van der Waals surface area contributed by atoms with Crippen molar-refractivity contribution in [3.8, 4) is 0 Å². The monoisotopic (exact) mass is 200 g/mol. The van der Waals surface area contributed by atoms with Crippen molar-refractivity contribution in [2.75, 3.05) is 0 Å². The van der Waals surface area contributed by atoms with Gasteiger partial charge in [0, 0.05) is 14.5 Å². The first-order valence-corrected chi connectivity index (χ1v) is 8.63. The van der Waals surface area contributed by atoms with E-state index in [-0.39, 0.29) is 0 Å². The summed E-state index contributed by atoms with van der Waals surface area (Å²) >= 11 is 0. The zero-order chi connectivity index (χ0) is 9.90. The molecule has 0 radical (unpaired) electrons. The Labute approximate surface area is 81.4 Å². The highest BCUT2D eigenvalue weighted by molar-refractivity contribution is 6.77. The fourth-order valence-corrected chi connectivity index (χ4v) is 4.79. The second-order valence-corrected chi connectivity index (χ2v) is 10.4. The Morgan fingerprint density at radius 2 is 2.08 bits per heavy atom. The molecule has 1 N–H and O–H groups in total. The SMILES string of the molecule is C[Si]1(C)CCC[C@H](CC(=O)O)CC1. The highest BCUT2D eigenvalue weighted by Crippen LogP contribution is 2.31. The van der Waals surface area contributed by atoms with Crippen molar-refractivity contribution < 1.29 is 9.90 Å². The molecule has 2 nitrogen and oxygen atoms in total. The first-order valence-electron chi connectivity index (χ1n) is 5.21. The van der Waals surface area contributed by atoms with E-state index in [9.17, 15) is 4.79 Å². The summed E-state index contributed by atoms with van der Waals surface area (Å²) in [6.07, 6.45) is 3.95. The van der Waals surface area contributed by atoms with Crippen LogP contribution in [0.15, 0.2) is 0 Å². The van der Waals surface area contributed by atoms with E-state index in [0.717, 1.165) is 12.8 Å². The van der Waals surface area contributed by atoms with Crippen molar-refractivity contribution in [3.05, 3.63) is 0 Å². The lowest BCUT2D eigenvalue weighted by Gasteiger charge is -2.19. The first kappa shape index (κ1) is 10.8. The Morgan fingerprint density at radius 1 is 1.38 bits per heavy atom. The lowest BCUT2D eigenvalue weighted by Crippen LogP contribution is -2.23. The fraction of sp³-hybridized carbons (Fsp3) is 0.900. The van der Waals surface area contributed by atoms with Gasteiger partial charge >= 0.3 is 5.97 Å². The van der Waals surface area contributed by atoms with Crippen LogP contribution in [0.2, 0.25) is 25.2 Å². The Balaban J connectivity index is 2.40. The van der Waals surface area contributed by atoms with Gasteiger partial charge < -0.3 is 5.11 Å². The molecule has 0 saturated carbocycles. The van der Waals surface area contributed by atoms with Crippen LogP contribution in [0.3, 0.4) is 0 Å². The van der Waals surface area contributed by atoms with E-state index in [1.54, 1.807) is 0 Å². The minimum Gasteiger partial charge on any atom is -0.481 e. The highest BCUT2D eigenvalue weighted by Gasteiger charge is 2.26. The van der Waals surface area contributed by atoms with E-state index in [2.05, 4.69) is 13.1 Å². The molecule has 0 spiro atoms. The molecule has 76 valence electrons. The molecule has 1 aliphatic rings. The minimum absolute atomic E-state index is 0.393. The zero-order valence-electron chi connectivity index (χ0n) is 8.68. The molecule has 1 rings (SSSR count). The van der Waals surface area contributed by atoms with Crippen molar-refractivity contribution in [1.29, 1.82) is 0 Å². The van der Waals surface area contributed by atoms with E-state index in [1.807, 2.05) is 0 Å². The molecule has 3 heteroatoms. The van der Waals surface area contributed by atoms with Gasteiger partial charge in [-0.05, 0) is 5.92 Å². The molecule has 0 aromatic carbocycles. The Bertz CT molecular complexity index is 189. The lowest BCUT2D eigenvalue weighted by molar-refractivity contribution is -0.138. The van der Waals surface area contributed by atoms with E-state index in [4.69, 9.17) is 5.11 Å². The topological polar surface area (TPSA) is 37.3 Å². The minimum atomic E-state index is -0.927. The molecule has 0 bridgehead atoms. The maximum atomic E-state index is 10.6. The molecule has 1 fully saturated rings. The summed E-state index contributed by atoms with van der Waals surface area (Å²) in [6, 6.07) is 2.72. The second kappa shape index (κ2) is 4.27. The third-order valence-electron chi connectivity index (χ3n) is 3.16. The first-order chi connectivity index (χ1) is 5.99. The largest absolute Gasteiger partial charge is 0.481 e. The molecule has 1 saturated heterocycles. The summed E-state index contributed by atoms with van der Waals surface area (Å²) in [4.78, 5) is 10.6. The number of rotatable bonds is 2. The molecule has 13 heavy (non-hydrogen) atoms. The maximum absolute atomic E-state index is 10.6. The zero-order valence-corrected chi connectivity index (χ0v) is 9.68. The number of hydrogen-bond acceptors (Lipinski definition) is 1. The van der Waals surface area contributed by atoms with Gasteiger partial charge in [0.15, 0.2) is 0 Å². The standard InChI is InChI=1S/C10H20O2Si/c1-13(2)6-3-4-9(5-7-13)8-10(11)12/h9H,3-8H2,1-2H3,(H,11,12)/t9-/m0/s1. The van der Waals surface area contributed by atoms with Crippen LogP contribution in [0.1, 0.15) is 25.7 Å². The van der Waals surface area contributed by atoms with Crippen LogP contribution in [0.25, 0.3) is 0 Å². The van der Waals surface area contributed by atoms with Crippen LogP contribution in [0.5, 0.6) is 0 Å². The molecule has 1 heterocycles. The molecule has 0 aromatic heterocycles. The van der Waals surface area contributed by atoms with E-state index in [1.165, 1.54) is 18.5 Å². The predicted octanol–water partition coefficient (Wildman–Crippen LogP) is 2.97. The average Bonchev–Trinajstić information content (AvgIpc) is 2.12. The van der Waals surface area contributed by atoms with E-state index < -0.39 is 14.0 Å². The summed E-state index contributed by atoms with van der Waals surface area (Å²) < 4.78 is 0. The molecular formula is C10H20O2Si. The molecule has 0 aliphatic carbocycles. The smallest absolute Gasteiger partial charge is 0.303 e. The van der Waals surface area contributed by atoms with Crippen LogP contribution in [-0.2, 0) is 4.79 Å². The summed E-state index contributed by atoms with van der Waals surface area (Å²) in [5.74, 6) is -0.154. The van der Waals surface area contributed by atoms with Crippen LogP contribution >= 0.6 is 0 Å². The van der Waals surface area contributed by atoms with Gasteiger partial charge in [-0.3, -0.25) is 4.79 Å². The van der Waals surface area contributed by atoms with Crippen molar-refractivity contribution >= 4 is 14.0 Å². The highest BCUT2D eigenvalue weighted by atomic mass is 28.3. The normalized spacial score (nSPS) is 28.0. The number of hydrogen-bond donors (Lipinski definition) is 1. The average molecular weight is 200 g/mol. The number of carboxylic acid groups (broad SMARTS) is 1. The van der Waals surface area contributed by atoms with Crippen LogP contribution < -0.4 is 0 Å². The quantitative estimate of drug-likeness (QED) is 0.696. The molecule has 0 aromatic rings. The van der Waals surface area contributed by atoms with Crippen molar-refractivity contribution in [2.45, 2.75) is 50.9 Å². The third-order valence-corrected chi connectivity index (χ3v) is 6.51. The molecule has 0 amide bonds.